The number of benzene rings is 1. The third-order valence-corrected chi connectivity index (χ3v) is 3.58. The van der Waals surface area contributed by atoms with Crippen molar-refractivity contribution in [3.8, 4) is 0 Å². The molecule has 0 bridgehead atoms. The van der Waals surface area contributed by atoms with Gasteiger partial charge in [-0.05, 0) is 30.0 Å². The molecule has 1 aromatic carbocycles. The van der Waals surface area contributed by atoms with Gasteiger partial charge < -0.3 is 4.98 Å². The van der Waals surface area contributed by atoms with Crippen LogP contribution in [-0.2, 0) is 6.42 Å². The zero-order chi connectivity index (χ0) is 11.5. The van der Waals surface area contributed by atoms with Crippen molar-refractivity contribution in [3.05, 3.63) is 51.6 Å². The van der Waals surface area contributed by atoms with Crippen LogP contribution in [0.5, 0.6) is 0 Å². The van der Waals surface area contributed by atoms with Gasteiger partial charge in [-0.25, -0.2) is 0 Å². The summed E-state index contributed by atoms with van der Waals surface area (Å²) in [6.07, 6.45) is 2.82. The maximum atomic E-state index is 6.13. The second-order valence-corrected chi connectivity index (χ2v) is 5.16. The highest BCUT2D eigenvalue weighted by molar-refractivity contribution is 7.98. The maximum absolute atomic E-state index is 6.13. The highest BCUT2D eigenvalue weighted by Gasteiger charge is 2.06. The standard InChI is InChI=1S/C12H11Cl2NS/c1-16-12-7-10(14)11(15-12)6-8-2-4-9(13)5-3-8/h2-5,7,15H,6H2,1H3. The first-order valence-electron chi connectivity index (χ1n) is 4.85. The second kappa shape index (κ2) is 5.17. The van der Waals surface area contributed by atoms with Gasteiger partial charge in [-0.1, -0.05) is 35.3 Å². The number of thioether (sulfide) groups is 1. The van der Waals surface area contributed by atoms with Gasteiger partial charge in [-0.15, -0.1) is 11.8 Å². The Bertz CT molecular complexity index is 476. The van der Waals surface area contributed by atoms with Crippen LogP contribution in [0.15, 0.2) is 35.4 Å². The average molecular weight is 272 g/mol. The molecule has 16 heavy (non-hydrogen) atoms. The minimum atomic E-state index is 0.756. The number of rotatable bonds is 3. The van der Waals surface area contributed by atoms with Crippen LogP contribution in [0.2, 0.25) is 10.0 Å². The van der Waals surface area contributed by atoms with E-state index in [1.807, 2.05) is 36.6 Å². The Morgan fingerprint density at radius 1 is 1.19 bits per heavy atom. The SMILES string of the molecule is CSc1cc(Cl)c(Cc2ccc(Cl)cc2)[nH]1. The highest BCUT2D eigenvalue weighted by Crippen LogP contribution is 2.25. The van der Waals surface area contributed by atoms with Crippen LogP contribution in [0.25, 0.3) is 0 Å². The van der Waals surface area contributed by atoms with E-state index in [0.717, 1.165) is 27.2 Å². The number of halogens is 2. The summed E-state index contributed by atoms with van der Waals surface area (Å²) in [6, 6.07) is 9.76. The Kier molecular flexibility index (Phi) is 3.85. The van der Waals surface area contributed by atoms with Gasteiger partial charge in [0.1, 0.15) is 0 Å². The minimum absolute atomic E-state index is 0.756. The van der Waals surface area contributed by atoms with Crippen LogP contribution in [0, 0.1) is 0 Å². The molecule has 1 heterocycles. The van der Waals surface area contributed by atoms with Crippen molar-refractivity contribution in [2.75, 3.05) is 6.26 Å². The number of H-pyrrole nitrogens is 1. The van der Waals surface area contributed by atoms with Crippen LogP contribution in [-0.4, -0.2) is 11.2 Å². The van der Waals surface area contributed by atoms with E-state index in [9.17, 15) is 0 Å². The minimum Gasteiger partial charge on any atom is -0.352 e. The molecular formula is C12H11Cl2NS. The summed E-state index contributed by atoms with van der Waals surface area (Å²) < 4.78 is 0. The summed E-state index contributed by atoms with van der Waals surface area (Å²) in [5.41, 5.74) is 2.24. The molecule has 0 unspecified atom stereocenters. The molecule has 0 atom stereocenters. The molecule has 0 saturated heterocycles. The van der Waals surface area contributed by atoms with Gasteiger partial charge in [0, 0.05) is 17.1 Å². The Morgan fingerprint density at radius 3 is 2.44 bits per heavy atom. The fourth-order valence-electron chi connectivity index (χ4n) is 1.49. The Labute approximate surface area is 109 Å². The van der Waals surface area contributed by atoms with E-state index in [2.05, 4.69) is 4.98 Å². The highest BCUT2D eigenvalue weighted by atomic mass is 35.5. The molecule has 0 aliphatic rings. The Morgan fingerprint density at radius 2 is 1.88 bits per heavy atom. The first-order chi connectivity index (χ1) is 7.69. The number of aromatic nitrogens is 1. The molecule has 1 nitrogen and oxygen atoms in total. The molecule has 0 amide bonds. The molecule has 0 fully saturated rings. The van der Waals surface area contributed by atoms with Crippen molar-refractivity contribution < 1.29 is 0 Å². The smallest absolute Gasteiger partial charge is 0.0736 e. The molecule has 0 aliphatic heterocycles. The first-order valence-corrected chi connectivity index (χ1v) is 6.83. The molecule has 1 N–H and O–H groups in total. The lowest BCUT2D eigenvalue weighted by atomic mass is 10.1. The van der Waals surface area contributed by atoms with E-state index in [4.69, 9.17) is 23.2 Å². The van der Waals surface area contributed by atoms with Gasteiger partial charge >= 0.3 is 0 Å². The first kappa shape index (κ1) is 11.9. The van der Waals surface area contributed by atoms with Crippen molar-refractivity contribution in [2.45, 2.75) is 11.4 Å². The summed E-state index contributed by atoms with van der Waals surface area (Å²) in [5, 5.41) is 2.64. The molecule has 0 aliphatic carbocycles. The van der Waals surface area contributed by atoms with Gasteiger partial charge in [0.25, 0.3) is 0 Å². The number of hydrogen-bond donors (Lipinski definition) is 1. The molecule has 2 aromatic rings. The molecule has 4 heteroatoms. The average Bonchev–Trinajstić information content (AvgIpc) is 2.63. The van der Waals surface area contributed by atoms with Crippen LogP contribution in [0.1, 0.15) is 11.3 Å². The summed E-state index contributed by atoms with van der Waals surface area (Å²) in [4.78, 5) is 3.29. The lowest BCUT2D eigenvalue weighted by Crippen LogP contribution is -1.88. The second-order valence-electron chi connectivity index (χ2n) is 3.47. The summed E-state index contributed by atoms with van der Waals surface area (Å²) in [7, 11) is 0. The van der Waals surface area contributed by atoms with Gasteiger partial charge in [0.15, 0.2) is 0 Å². The van der Waals surface area contributed by atoms with Crippen LogP contribution in [0.4, 0.5) is 0 Å². The monoisotopic (exact) mass is 271 g/mol. The van der Waals surface area contributed by atoms with Crippen LogP contribution < -0.4 is 0 Å². The molecule has 0 spiro atoms. The molecular weight excluding hydrogens is 261 g/mol. The summed E-state index contributed by atoms with van der Waals surface area (Å²) >= 11 is 13.6. The van der Waals surface area contributed by atoms with E-state index in [0.29, 0.717) is 0 Å². The van der Waals surface area contributed by atoms with Crippen molar-refractivity contribution in [2.24, 2.45) is 0 Å². The molecule has 0 radical (unpaired) electrons. The van der Waals surface area contributed by atoms with E-state index >= 15 is 0 Å². The van der Waals surface area contributed by atoms with E-state index in [-0.39, 0.29) is 0 Å². The quantitative estimate of drug-likeness (QED) is 0.805. The zero-order valence-electron chi connectivity index (χ0n) is 8.76. The van der Waals surface area contributed by atoms with Gasteiger partial charge in [0.2, 0.25) is 0 Å². The number of aromatic amines is 1. The predicted molar refractivity (Wildman–Crippen MR) is 71.8 cm³/mol. The number of nitrogens with one attached hydrogen (secondary N) is 1. The molecule has 0 saturated carbocycles. The maximum Gasteiger partial charge on any atom is 0.0736 e. The summed E-state index contributed by atoms with van der Waals surface area (Å²) in [5.74, 6) is 0. The fourth-order valence-corrected chi connectivity index (χ4v) is 2.37. The van der Waals surface area contributed by atoms with Crippen molar-refractivity contribution in [3.63, 3.8) is 0 Å². The van der Waals surface area contributed by atoms with Crippen molar-refractivity contribution in [1.82, 2.24) is 4.98 Å². The zero-order valence-corrected chi connectivity index (χ0v) is 11.1. The van der Waals surface area contributed by atoms with Gasteiger partial charge in [-0.2, -0.15) is 0 Å². The van der Waals surface area contributed by atoms with Gasteiger partial charge in [-0.3, -0.25) is 0 Å². The third kappa shape index (κ3) is 2.76. The molecule has 2 rings (SSSR count). The Balaban J connectivity index is 2.19. The Hall–Kier alpha value is -0.570. The molecule has 1 aromatic heterocycles. The number of hydrogen-bond acceptors (Lipinski definition) is 1. The van der Waals surface area contributed by atoms with E-state index in [1.165, 1.54) is 5.56 Å². The third-order valence-electron chi connectivity index (χ3n) is 2.33. The normalized spacial score (nSPS) is 10.7. The predicted octanol–water partition coefficient (Wildman–Crippen LogP) is 4.63. The van der Waals surface area contributed by atoms with Crippen molar-refractivity contribution in [1.29, 1.82) is 0 Å². The van der Waals surface area contributed by atoms with Crippen LogP contribution in [0.3, 0.4) is 0 Å². The topological polar surface area (TPSA) is 15.8 Å². The summed E-state index contributed by atoms with van der Waals surface area (Å²) in [6.45, 7) is 0. The van der Waals surface area contributed by atoms with Gasteiger partial charge in [0.05, 0.1) is 10.0 Å². The lowest BCUT2D eigenvalue weighted by Gasteiger charge is -2.00. The van der Waals surface area contributed by atoms with E-state index < -0.39 is 0 Å². The van der Waals surface area contributed by atoms with Crippen molar-refractivity contribution >= 4 is 35.0 Å². The largest absolute Gasteiger partial charge is 0.352 e. The lowest BCUT2D eigenvalue weighted by molar-refractivity contribution is 1.05. The molecule has 84 valence electrons. The fraction of sp³-hybridized carbons (Fsp3) is 0.167. The van der Waals surface area contributed by atoms with Crippen LogP contribution >= 0.6 is 35.0 Å². The van der Waals surface area contributed by atoms with E-state index in [1.54, 1.807) is 11.8 Å².